The molecule has 0 unspecified atom stereocenters. The molecule has 1 aromatic rings. The average molecular weight is 264 g/mol. The van der Waals surface area contributed by atoms with E-state index in [0.717, 1.165) is 5.06 Å². The predicted octanol–water partition coefficient (Wildman–Crippen LogP) is 2.64. The average Bonchev–Trinajstić information content (AvgIpc) is 2.29. The molecule has 0 aliphatic carbocycles. The van der Waals surface area contributed by atoms with Gasteiger partial charge in [-0.3, -0.25) is 9.63 Å². The maximum Gasteiger partial charge on any atom is 0.282 e. The van der Waals surface area contributed by atoms with Gasteiger partial charge in [-0.25, -0.2) is 5.06 Å². The normalized spacial score (nSPS) is 10.1. The van der Waals surface area contributed by atoms with E-state index in [1.165, 1.54) is 27.3 Å². The Hall–Kier alpha value is -0.970. The first kappa shape index (κ1) is 13.1. The third-order valence-electron chi connectivity index (χ3n) is 2.04. The second-order valence-corrected chi connectivity index (χ2v) is 3.74. The molecule has 0 saturated heterocycles. The third kappa shape index (κ3) is 2.40. The number of ether oxygens (including phenoxy) is 1. The van der Waals surface area contributed by atoms with Crippen LogP contribution in [0.15, 0.2) is 12.1 Å². The Morgan fingerprint density at radius 1 is 1.25 bits per heavy atom. The van der Waals surface area contributed by atoms with Gasteiger partial charge in [-0.2, -0.15) is 0 Å². The lowest BCUT2D eigenvalue weighted by atomic mass is 10.2. The van der Waals surface area contributed by atoms with Gasteiger partial charge in [-0.05, 0) is 12.1 Å². The van der Waals surface area contributed by atoms with E-state index in [1.807, 2.05) is 0 Å². The lowest BCUT2D eigenvalue weighted by molar-refractivity contribution is -0.0758. The summed E-state index contributed by atoms with van der Waals surface area (Å²) in [7, 11) is 4.27. The van der Waals surface area contributed by atoms with Gasteiger partial charge >= 0.3 is 0 Å². The molecule has 0 aromatic heterocycles. The molecule has 0 saturated carbocycles. The van der Waals surface area contributed by atoms with E-state index in [1.54, 1.807) is 6.07 Å². The van der Waals surface area contributed by atoms with Crippen LogP contribution < -0.4 is 4.74 Å². The van der Waals surface area contributed by atoms with Crippen LogP contribution in [-0.2, 0) is 4.84 Å². The zero-order chi connectivity index (χ0) is 12.3. The number of amides is 1. The minimum absolute atomic E-state index is 0.181. The fraction of sp³-hybridized carbons (Fsp3) is 0.300. The number of hydrogen-bond acceptors (Lipinski definition) is 3. The molecular formula is C10H11Cl2NO3. The van der Waals surface area contributed by atoms with Crippen molar-refractivity contribution in [2.45, 2.75) is 0 Å². The van der Waals surface area contributed by atoms with Gasteiger partial charge in [0.25, 0.3) is 5.91 Å². The molecule has 0 bridgehead atoms. The van der Waals surface area contributed by atoms with Crippen molar-refractivity contribution in [1.29, 1.82) is 0 Å². The number of benzene rings is 1. The van der Waals surface area contributed by atoms with E-state index in [4.69, 9.17) is 32.8 Å². The Morgan fingerprint density at radius 3 is 2.31 bits per heavy atom. The summed E-state index contributed by atoms with van der Waals surface area (Å²) in [5, 5.41) is 1.62. The van der Waals surface area contributed by atoms with Crippen LogP contribution in [-0.4, -0.2) is 32.2 Å². The van der Waals surface area contributed by atoms with E-state index in [9.17, 15) is 4.79 Å². The monoisotopic (exact) mass is 263 g/mol. The number of halogens is 2. The van der Waals surface area contributed by atoms with Crippen molar-refractivity contribution in [2.24, 2.45) is 0 Å². The van der Waals surface area contributed by atoms with Crippen molar-refractivity contribution < 1.29 is 14.4 Å². The molecule has 1 rings (SSSR count). The van der Waals surface area contributed by atoms with Gasteiger partial charge in [-0.15, -0.1) is 0 Å². The molecule has 0 aliphatic heterocycles. The highest BCUT2D eigenvalue weighted by molar-refractivity contribution is 6.37. The second kappa shape index (κ2) is 5.39. The first-order chi connectivity index (χ1) is 7.52. The van der Waals surface area contributed by atoms with Crippen molar-refractivity contribution in [3.8, 4) is 5.75 Å². The standard InChI is InChI=1S/C10H11Cl2NO3/c1-13(16-3)10(14)8-6(11)4-5-7(12)9(8)15-2/h4-5H,1-3H3. The predicted molar refractivity (Wildman–Crippen MR) is 62.1 cm³/mol. The summed E-state index contributed by atoms with van der Waals surface area (Å²) in [6, 6.07) is 3.09. The molecule has 0 radical (unpaired) electrons. The van der Waals surface area contributed by atoms with Gasteiger partial charge in [0, 0.05) is 7.05 Å². The van der Waals surface area contributed by atoms with Gasteiger partial charge in [0.2, 0.25) is 0 Å². The van der Waals surface area contributed by atoms with Gasteiger partial charge < -0.3 is 4.74 Å². The molecule has 0 atom stereocenters. The van der Waals surface area contributed by atoms with Crippen molar-refractivity contribution in [3.63, 3.8) is 0 Å². The first-order valence-electron chi connectivity index (χ1n) is 4.37. The van der Waals surface area contributed by atoms with Crippen LogP contribution in [0.2, 0.25) is 10.0 Å². The largest absolute Gasteiger partial charge is 0.494 e. The van der Waals surface area contributed by atoms with E-state index in [-0.39, 0.29) is 16.3 Å². The van der Waals surface area contributed by atoms with E-state index < -0.39 is 5.91 Å². The minimum Gasteiger partial charge on any atom is -0.494 e. The molecule has 16 heavy (non-hydrogen) atoms. The van der Waals surface area contributed by atoms with Crippen molar-refractivity contribution in [1.82, 2.24) is 5.06 Å². The smallest absolute Gasteiger partial charge is 0.282 e. The number of hydrogen-bond donors (Lipinski definition) is 0. The molecule has 4 nitrogen and oxygen atoms in total. The van der Waals surface area contributed by atoms with Crippen LogP contribution in [0.3, 0.4) is 0 Å². The molecule has 0 N–H and O–H groups in total. The lowest BCUT2D eigenvalue weighted by Gasteiger charge is -2.17. The van der Waals surface area contributed by atoms with Crippen LogP contribution in [0.25, 0.3) is 0 Å². The summed E-state index contributed by atoms with van der Waals surface area (Å²) in [4.78, 5) is 16.7. The Balaban J connectivity index is 3.31. The van der Waals surface area contributed by atoms with Gasteiger partial charge in [-0.1, -0.05) is 23.2 Å². The van der Waals surface area contributed by atoms with Crippen molar-refractivity contribution in [3.05, 3.63) is 27.7 Å². The SMILES string of the molecule is COc1c(Cl)ccc(Cl)c1C(=O)N(C)OC. The third-order valence-corrected chi connectivity index (χ3v) is 2.65. The number of methoxy groups -OCH3 is 1. The molecule has 0 fully saturated rings. The Morgan fingerprint density at radius 2 is 1.81 bits per heavy atom. The summed E-state index contributed by atoms with van der Waals surface area (Å²) < 4.78 is 5.05. The molecule has 1 amide bonds. The summed E-state index contributed by atoms with van der Waals surface area (Å²) in [6.07, 6.45) is 0. The fourth-order valence-electron chi connectivity index (χ4n) is 1.17. The fourth-order valence-corrected chi connectivity index (χ4v) is 1.64. The zero-order valence-electron chi connectivity index (χ0n) is 9.08. The number of hydroxylamine groups is 2. The van der Waals surface area contributed by atoms with E-state index >= 15 is 0 Å². The molecule has 0 heterocycles. The summed E-state index contributed by atoms with van der Waals surface area (Å²) in [5.41, 5.74) is 0.181. The second-order valence-electron chi connectivity index (χ2n) is 2.92. The minimum atomic E-state index is -0.424. The van der Waals surface area contributed by atoms with Crippen molar-refractivity contribution >= 4 is 29.1 Å². The highest BCUT2D eigenvalue weighted by Crippen LogP contribution is 2.34. The van der Waals surface area contributed by atoms with Crippen LogP contribution >= 0.6 is 23.2 Å². The van der Waals surface area contributed by atoms with Crippen LogP contribution in [0.1, 0.15) is 10.4 Å². The Labute approximate surface area is 104 Å². The topological polar surface area (TPSA) is 38.8 Å². The summed E-state index contributed by atoms with van der Waals surface area (Å²) in [5.74, 6) is -0.185. The quantitative estimate of drug-likeness (QED) is 0.788. The number of carbonyl (C=O) groups is 1. The van der Waals surface area contributed by atoms with Crippen molar-refractivity contribution in [2.75, 3.05) is 21.3 Å². The van der Waals surface area contributed by atoms with E-state index in [0.29, 0.717) is 5.02 Å². The molecular weight excluding hydrogens is 253 g/mol. The van der Waals surface area contributed by atoms with E-state index in [2.05, 4.69) is 0 Å². The maximum atomic E-state index is 11.9. The number of rotatable bonds is 3. The van der Waals surface area contributed by atoms with Gasteiger partial charge in [0.15, 0.2) is 5.75 Å². The maximum absolute atomic E-state index is 11.9. The highest BCUT2D eigenvalue weighted by Gasteiger charge is 2.22. The Bertz CT molecular complexity index is 409. The first-order valence-corrected chi connectivity index (χ1v) is 5.12. The molecule has 88 valence electrons. The molecule has 1 aromatic carbocycles. The van der Waals surface area contributed by atoms with Crippen LogP contribution in [0.5, 0.6) is 5.75 Å². The molecule has 0 spiro atoms. The van der Waals surface area contributed by atoms with Crippen LogP contribution in [0, 0.1) is 0 Å². The van der Waals surface area contributed by atoms with Crippen LogP contribution in [0.4, 0.5) is 0 Å². The number of nitrogens with zero attached hydrogens (tertiary/aromatic N) is 1. The highest BCUT2D eigenvalue weighted by atomic mass is 35.5. The number of carbonyl (C=O) groups excluding carboxylic acids is 1. The molecule has 0 aliphatic rings. The van der Waals surface area contributed by atoms with Gasteiger partial charge in [0.05, 0.1) is 24.3 Å². The Kier molecular flexibility index (Phi) is 4.41. The summed E-state index contributed by atoms with van der Waals surface area (Å²) in [6.45, 7) is 0. The van der Waals surface area contributed by atoms with Gasteiger partial charge in [0.1, 0.15) is 5.56 Å². The zero-order valence-corrected chi connectivity index (χ0v) is 10.6. The summed E-state index contributed by atoms with van der Waals surface area (Å²) >= 11 is 11.8. The molecule has 6 heteroatoms. The lowest BCUT2D eigenvalue weighted by Crippen LogP contribution is -2.26.